The molecular weight excluding hydrogens is 487 g/mol. The number of thioether (sulfide) groups is 1. The molecule has 0 aliphatic rings. The van der Waals surface area contributed by atoms with Gasteiger partial charge in [0.15, 0.2) is 0 Å². The first-order chi connectivity index (χ1) is 15.3. The fourth-order valence-electron chi connectivity index (χ4n) is 3.21. The lowest BCUT2D eigenvalue weighted by Gasteiger charge is -2.31. The molecule has 2 rings (SSSR count). The van der Waals surface area contributed by atoms with Crippen molar-refractivity contribution in [3.05, 3.63) is 63.1 Å². The molecule has 0 radical (unpaired) electrons. The van der Waals surface area contributed by atoms with E-state index in [9.17, 15) is 9.59 Å². The number of benzene rings is 2. The molecule has 0 saturated carbocycles. The van der Waals surface area contributed by atoms with Crippen molar-refractivity contribution < 1.29 is 9.59 Å². The second kappa shape index (κ2) is 14.0. The van der Waals surface area contributed by atoms with Crippen LogP contribution in [-0.2, 0) is 16.1 Å². The predicted octanol–water partition coefficient (Wildman–Crippen LogP) is 6.85. The number of carbonyl (C=O) groups excluding carboxylic acids is 2. The molecule has 0 fully saturated rings. The van der Waals surface area contributed by atoms with Gasteiger partial charge in [0.05, 0.1) is 10.0 Å². The molecular formula is C24H29Cl3N2O2S. The van der Waals surface area contributed by atoms with Gasteiger partial charge in [-0.15, -0.1) is 11.8 Å². The second-order valence-electron chi connectivity index (χ2n) is 7.39. The highest BCUT2D eigenvalue weighted by atomic mass is 35.5. The molecule has 2 amide bonds. The molecule has 0 aliphatic heterocycles. The van der Waals surface area contributed by atoms with E-state index in [2.05, 4.69) is 5.32 Å². The van der Waals surface area contributed by atoms with Gasteiger partial charge in [-0.05, 0) is 67.0 Å². The fourth-order valence-corrected chi connectivity index (χ4v) is 4.51. The van der Waals surface area contributed by atoms with Gasteiger partial charge < -0.3 is 10.2 Å². The van der Waals surface area contributed by atoms with Crippen LogP contribution in [0.5, 0.6) is 0 Å². The van der Waals surface area contributed by atoms with E-state index in [-0.39, 0.29) is 11.8 Å². The topological polar surface area (TPSA) is 49.4 Å². The number of nitrogens with zero attached hydrogens (tertiary/aromatic N) is 1. The van der Waals surface area contributed by atoms with Gasteiger partial charge in [-0.2, -0.15) is 0 Å². The molecule has 32 heavy (non-hydrogen) atoms. The lowest BCUT2D eigenvalue weighted by molar-refractivity contribution is -0.141. The summed E-state index contributed by atoms with van der Waals surface area (Å²) >= 11 is 19.8. The number of carbonyl (C=O) groups is 2. The van der Waals surface area contributed by atoms with Crippen LogP contribution in [0.25, 0.3) is 0 Å². The van der Waals surface area contributed by atoms with Crippen LogP contribution in [-0.4, -0.2) is 35.1 Å². The third-order valence-corrected chi connectivity index (χ3v) is 6.98. The maximum Gasteiger partial charge on any atom is 0.242 e. The number of rotatable bonds is 12. The van der Waals surface area contributed by atoms with Crippen molar-refractivity contribution in [3.8, 4) is 0 Å². The maximum atomic E-state index is 13.2. The molecule has 2 aromatic rings. The van der Waals surface area contributed by atoms with E-state index in [0.717, 1.165) is 22.6 Å². The molecule has 174 valence electrons. The monoisotopic (exact) mass is 514 g/mol. The zero-order valence-electron chi connectivity index (χ0n) is 18.4. The molecule has 8 heteroatoms. The van der Waals surface area contributed by atoms with E-state index in [1.165, 1.54) is 0 Å². The summed E-state index contributed by atoms with van der Waals surface area (Å²) in [5.74, 6) is 0.622. The number of hydrogen-bond acceptors (Lipinski definition) is 3. The molecule has 1 N–H and O–H groups in total. The Morgan fingerprint density at radius 2 is 1.75 bits per heavy atom. The summed E-state index contributed by atoms with van der Waals surface area (Å²) in [5, 5.41) is 4.52. The summed E-state index contributed by atoms with van der Waals surface area (Å²) in [6.07, 6.45) is 2.43. The second-order valence-corrected chi connectivity index (χ2v) is 9.81. The van der Waals surface area contributed by atoms with Crippen LogP contribution in [0.15, 0.2) is 47.4 Å². The van der Waals surface area contributed by atoms with Crippen LogP contribution in [0.2, 0.25) is 15.1 Å². The molecule has 0 heterocycles. The Labute approximate surface area is 210 Å². The van der Waals surface area contributed by atoms with Crippen molar-refractivity contribution >= 4 is 58.4 Å². The van der Waals surface area contributed by atoms with E-state index in [0.29, 0.717) is 47.4 Å². The number of nitrogens with one attached hydrogen (secondary N) is 1. The van der Waals surface area contributed by atoms with Crippen molar-refractivity contribution in [1.29, 1.82) is 0 Å². The summed E-state index contributed by atoms with van der Waals surface area (Å²) in [5.41, 5.74) is 0.838. The minimum atomic E-state index is -0.535. The van der Waals surface area contributed by atoms with Gasteiger partial charge in [0.1, 0.15) is 6.04 Å². The number of hydrogen-bond donors (Lipinski definition) is 1. The third kappa shape index (κ3) is 8.51. The van der Waals surface area contributed by atoms with Crippen LogP contribution < -0.4 is 5.32 Å². The lowest BCUT2D eigenvalue weighted by atomic mass is 10.1. The molecule has 0 aromatic heterocycles. The highest BCUT2D eigenvalue weighted by Crippen LogP contribution is 2.25. The van der Waals surface area contributed by atoms with E-state index in [1.807, 2.05) is 44.2 Å². The summed E-state index contributed by atoms with van der Waals surface area (Å²) in [7, 11) is 0. The summed E-state index contributed by atoms with van der Waals surface area (Å²) in [6.45, 7) is 4.81. The molecule has 2 aromatic carbocycles. The zero-order chi connectivity index (χ0) is 23.5. The van der Waals surface area contributed by atoms with Crippen LogP contribution in [0.1, 0.15) is 45.1 Å². The first kappa shape index (κ1) is 26.8. The van der Waals surface area contributed by atoms with Gasteiger partial charge >= 0.3 is 0 Å². The van der Waals surface area contributed by atoms with Gasteiger partial charge in [0, 0.05) is 29.4 Å². The SMILES string of the molecule is CCCNC(=O)[C@@H](CC)N(Cc1ccc(Cl)c(Cl)c1)C(=O)CCCSc1ccc(Cl)cc1. The van der Waals surface area contributed by atoms with Crippen molar-refractivity contribution in [2.45, 2.75) is 57.0 Å². The van der Waals surface area contributed by atoms with E-state index < -0.39 is 6.04 Å². The maximum absolute atomic E-state index is 13.2. The Kier molecular flexibility index (Phi) is 11.7. The Morgan fingerprint density at radius 3 is 2.38 bits per heavy atom. The van der Waals surface area contributed by atoms with E-state index in [1.54, 1.807) is 28.8 Å². The Morgan fingerprint density at radius 1 is 1.03 bits per heavy atom. The van der Waals surface area contributed by atoms with E-state index in [4.69, 9.17) is 34.8 Å². The Balaban J connectivity index is 2.06. The highest BCUT2D eigenvalue weighted by Gasteiger charge is 2.28. The van der Waals surface area contributed by atoms with Gasteiger partial charge in [-0.3, -0.25) is 9.59 Å². The van der Waals surface area contributed by atoms with Crippen molar-refractivity contribution in [1.82, 2.24) is 10.2 Å². The fraction of sp³-hybridized carbons (Fsp3) is 0.417. The predicted molar refractivity (Wildman–Crippen MR) is 136 cm³/mol. The van der Waals surface area contributed by atoms with Crippen LogP contribution in [0.4, 0.5) is 0 Å². The Hall–Kier alpha value is -1.40. The zero-order valence-corrected chi connectivity index (χ0v) is 21.5. The van der Waals surface area contributed by atoms with Crippen molar-refractivity contribution in [2.75, 3.05) is 12.3 Å². The van der Waals surface area contributed by atoms with Crippen LogP contribution in [0, 0.1) is 0 Å². The van der Waals surface area contributed by atoms with Crippen molar-refractivity contribution in [3.63, 3.8) is 0 Å². The normalized spacial score (nSPS) is 11.8. The molecule has 0 aliphatic carbocycles. The standard InChI is InChI=1S/C24H29Cl3N2O2S/c1-3-13-28-24(31)22(4-2)29(16-17-7-12-20(26)21(27)15-17)23(30)6-5-14-32-19-10-8-18(25)9-11-19/h7-12,15,22H,3-6,13-14,16H2,1-2H3,(H,28,31)/t22-/m1/s1. The minimum absolute atomic E-state index is 0.0497. The lowest BCUT2D eigenvalue weighted by Crippen LogP contribution is -2.49. The van der Waals surface area contributed by atoms with Crippen LogP contribution >= 0.6 is 46.6 Å². The number of amides is 2. The summed E-state index contributed by atoms with van der Waals surface area (Å²) < 4.78 is 0. The first-order valence-corrected chi connectivity index (χ1v) is 12.9. The molecule has 0 unspecified atom stereocenters. The first-order valence-electron chi connectivity index (χ1n) is 10.7. The average molecular weight is 516 g/mol. The molecule has 0 bridgehead atoms. The minimum Gasteiger partial charge on any atom is -0.354 e. The summed E-state index contributed by atoms with van der Waals surface area (Å²) in [4.78, 5) is 28.7. The largest absolute Gasteiger partial charge is 0.354 e. The third-order valence-electron chi connectivity index (χ3n) is 4.89. The Bertz CT molecular complexity index is 893. The van der Waals surface area contributed by atoms with Gasteiger partial charge in [0.25, 0.3) is 0 Å². The molecule has 1 atom stereocenters. The van der Waals surface area contributed by atoms with E-state index >= 15 is 0 Å². The van der Waals surface area contributed by atoms with Gasteiger partial charge in [0.2, 0.25) is 11.8 Å². The molecule has 0 spiro atoms. The van der Waals surface area contributed by atoms with Crippen molar-refractivity contribution in [2.24, 2.45) is 0 Å². The quantitative estimate of drug-likeness (QED) is 0.248. The summed E-state index contributed by atoms with van der Waals surface area (Å²) in [6, 6.07) is 12.4. The van der Waals surface area contributed by atoms with Gasteiger partial charge in [-0.25, -0.2) is 0 Å². The molecule has 4 nitrogen and oxygen atoms in total. The smallest absolute Gasteiger partial charge is 0.242 e. The number of halogens is 3. The van der Waals surface area contributed by atoms with Gasteiger partial charge in [-0.1, -0.05) is 54.7 Å². The molecule has 0 saturated heterocycles. The average Bonchev–Trinajstić information content (AvgIpc) is 2.78. The van der Waals surface area contributed by atoms with Crippen LogP contribution in [0.3, 0.4) is 0 Å². The highest BCUT2D eigenvalue weighted by molar-refractivity contribution is 7.99.